The van der Waals surface area contributed by atoms with E-state index >= 15 is 0 Å². The average Bonchev–Trinajstić information content (AvgIpc) is 3.29. The van der Waals surface area contributed by atoms with Gasteiger partial charge in [-0.3, -0.25) is 9.69 Å². The van der Waals surface area contributed by atoms with Crippen molar-refractivity contribution in [2.45, 2.75) is 76.8 Å². The molecule has 0 aromatic heterocycles. The number of nitrogens with zero attached hydrogens (tertiary/aromatic N) is 3. The Morgan fingerprint density at radius 2 is 1.56 bits per heavy atom. The fraction of sp³-hybridized carbons (Fsp3) is 0.692. The highest BCUT2D eigenvalue weighted by Crippen LogP contribution is 2.32. The molecule has 3 aliphatic rings. The van der Waals surface area contributed by atoms with Gasteiger partial charge in [0, 0.05) is 43.8 Å². The largest absolute Gasteiger partial charge is 0.465 e. The standard InChI is InChI=1S/C26H39N3O3/c1-26(2,3)21-10-8-19(9-11-21)24(30)27-16-12-22(13-17-27)28-14-4-6-20(18-28)23-7-5-15-29(23)25(31)32/h8-11,20,22-23H,4-7,12-18H2,1-3H3,(H,31,32). The second-order valence-corrected chi connectivity index (χ2v) is 10.9. The summed E-state index contributed by atoms with van der Waals surface area (Å²) in [5.41, 5.74) is 2.12. The van der Waals surface area contributed by atoms with E-state index in [4.69, 9.17) is 0 Å². The number of carboxylic acid groups (broad SMARTS) is 1. The van der Waals surface area contributed by atoms with E-state index in [0.717, 1.165) is 70.3 Å². The van der Waals surface area contributed by atoms with E-state index in [0.29, 0.717) is 18.5 Å². The minimum absolute atomic E-state index is 0.0895. The highest BCUT2D eigenvalue weighted by Gasteiger charge is 2.38. The number of benzene rings is 1. The van der Waals surface area contributed by atoms with Crippen LogP contribution in [0.2, 0.25) is 0 Å². The van der Waals surface area contributed by atoms with Gasteiger partial charge in [-0.25, -0.2) is 4.79 Å². The van der Waals surface area contributed by atoms with Gasteiger partial charge in [0.1, 0.15) is 0 Å². The van der Waals surface area contributed by atoms with Crippen molar-refractivity contribution in [3.05, 3.63) is 35.4 Å². The SMILES string of the molecule is CC(C)(C)c1ccc(C(=O)N2CCC(N3CCCC(C4CCCN4C(=O)O)C3)CC2)cc1. The Morgan fingerprint density at radius 1 is 0.906 bits per heavy atom. The van der Waals surface area contributed by atoms with Gasteiger partial charge in [-0.1, -0.05) is 32.9 Å². The van der Waals surface area contributed by atoms with Gasteiger partial charge in [0.05, 0.1) is 0 Å². The van der Waals surface area contributed by atoms with E-state index in [1.165, 1.54) is 5.56 Å². The Hall–Kier alpha value is -2.08. The van der Waals surface area contributed by atoms with Gasteiger partial charge < -0.3 is 14.9 Å². The van der Waals surface area contributed by atoms with Gasteiger partial charge in [0.15, 0.2) is 0 Å². The van der Waals surface area contributed by atoms with Gasteiger partial charge >= 0.3 is 6.09 Å². The molecule has 0 radical (unpaired) electrons. The van der Waals surface area contributed by atoms with Crippen LogP contribution in [-0.2, 0) is 5.41 Å². The third-order valence-electron chi connectivity index (χ3n) is 7.84. The molecule has 3 fully saturated rings. The molecule has 3 heterocycles. The van der Waals surface area contributed by atoms with Gasteiger partial charge in [0.25, 0.3) is 5.91 Å². The van der Waals surface area contributed by atoms with Crippen LogP contribution < -0.4 is 0 Å². The highest BCUT2D eigenvalue weighted by molar-refractivity contribution is 5.94. The first kappa shape index (κ1) is 23.1. The van der Waals surface area contributed by atoms with Crippen LogP contribution in [0.3, 0.4) is 0 Å². The Morgan fingerprint density at radius 3 is 2.19 bits per heavy atom. The molecule has 2 amide bonds. The van der Waals surface area contributed by atoms with E-state index in [2.05, 4.69) is 37.8 Å². The lowest BCUT2D eigenvalue weighted by Gasteiger charge is -2.44. The van der Waals surface area contributed by atoms with Crippen LogP contribution in [0.25, 0.3) is 0 Å². The van der Waals surface area contributed by atoms with Crippen molar-refractivity contribution in [1.29, 1.82) is 0 Å². The maximum absolute atomic E-state index is 13.0. The first-order valence-electron chi connectivity index (χ1n) is 12.4. The summed E-state index contributed by atoms with van der Waals surface area (Å²) < 4.78 is 0. The maximum atomic E-state index is 13.0. The molecular weight excluding hydrogens is 402 g/mol. The first-order valence-corrected chi connectivity index (χ1v) is 12.4. The van der Waals surface area contributed by atoms with Gasteiger partial charge in [-0.15, -0.1) is 0 Å². The van der Waals surface area contributed by atoms with Crippen molar-refractivity contribution in [2.75, 3.05) is 32.7 Å². The zero-order valence-electron chi connectivity index (χ0n) is 19.9. The minimum Gasteiger partial charge on any atom is -0.465 e. The normalized spacial score (nSPS) is 25.8. The monoisotopic (exact) mass is 441 g/mol. The molecule has 6 heteroatoms. The first-order chi connectivity index (χ1) is 15.2. The zero-order chi connectivity index (χ0) is 22.9. The smallest absolute Gasteiger partial charge is 0.407 e. The van der Waals surface area contributed by atoms with Crippen LogP contribution in [0.4, 0.5) is 4.79 Å². The predicted molar refractivity (Wildman–Crippen MR) is 126 cm³/mol. The molecule has 0 spiro atoms. The molecule has 1 aromatic carbocycles. The van der Waals surface area contributed by atoms with E-state index in [-0.39, 0.29) is 17.4 Å². The maximum Gasteiger partial charge on any atom is 0.407 e. The number of rotatable bonds is 3. The number of amides is 2. The Bertz CT molecular complexity index is 809. The Kier molecular flexibility index (Phi) is 6.80. The number of likely N-dealkylation sites (tertiary alicyclic amines) is 3. The molecule has 1 aromatic rings. The Balaban J connectivity index is 1.31. The summed E-state index contributed by atoms with van der Waals surface area (Å²) in [5, 5.41) is 9.53. The summed E-state index contributed by atoms with van der Waals surface area (Å²) in [7, 11) is 0. The van der Waals surface area contributed by atoms with E-state index in [9.17, 15) is 14.7 Å². The highest BCUT2D eigenvalue weighted by atomic mass is 16.4. The topological polar surface area (TPSA) is 64.1 Å². The van der Waals surface area contributed by atoms with Crippen molar-refractivity contribution in [3.63, 3.8) is 0 Å². The summed E-state index contributed by atoms with van der Waals surface area (Å²) in [6, 6.07) is 8.80. The molecule has 3 aliphatic heterocycles. The second-order valence-electron chi connectivity index (χ2n) is 10.9. The number of piperidine rings is 2. The van der Waals surface area contributed by atoms with Crippen molar-refractivity contribution in [1.82, 2.24) is 14.7 Å². The molecule has 176 valence electrons. The Labute approximate surface area is 192 Å². The molecule has 4 rings (SSSR count). The molecule has 2 atom stereocenters. The van der Waals surface area contributed by atoms with Gasteiger partial charge in [-0.05, 0) is 74.1 Å². The molecular formula is C26H39N3O3. The zero-order valence-corrected chi connectivity index (χ0v) is 19.9. The summed E-state index contributed by atoms with van der Waals surface area (Å²) in [5.74, 6) is 0.590. The molecule has 0 aliphatic carbocycles. The van der Waals surface area contributed by atoms with Crippen molar-refractivity contribution in [2.24, 2.45) is 5.92 Å². The molecule has 6 nitrogen and oxygen atoms in total. The second kappa shape index (κ2) is 9.42. The summed E-state index contributed by atoms with van der Waals surface area (Å²) >= 11 is 0. The van der Waals surface area contributed by atoms with Crippen LogP contribution in [0, 0.1) is 5.92 Å². The van der Waals surface area contributed by atoms with Crippen LogP contribution in [0.15, 0.2) is 24.3 Å². The third-order valence-corrected chi connectivity index (χ3v) is 7.84. The molecule has 1 N–H and O–H groups in total. The van der Waals surface area contributed by atoms with Crippen molar-refractivity contribution < 1.29 is 14.7 Å². The molecule has 3 saturated heterocycles. The van der Waals surface area contributed by atoms with Crippen molar-refractivity contribution in [3.8, 4) is 0 Å². The number of carbonyl (C=O) groups excluding carboxylic acids is 1. The van der Waals surface area contributed by atoms with Crippen LogP contribution in [-0.4, -0.2) is 76.6 Å². The fourth-order valence-electron chi connectivity index (χ4n) is 5.94. The summed E-state index contributed by atoms with van der Waals surface area (Å²) in [6.07, 6.45) is 5.53. The molecule has 32 heavy (non-hydrogen) atoms. The third kappa shape index (κ3) is 4.95. The van der Waals surface area contributed by atoms with E-state index in [1.54, 1.807) is 4.90 Å². The predicted octanol–water partition coefficient (Wildman–Crippen LogP) is 4.44. The molecule has 2 unspecified atom stereocenters. The van der Waals surface area contributed by atoms with Gasteiger partial charge in [0.2, 0.25) is 0 Å². The van der Waals surface area contributed by atoms with Crippen molar-refractivity contribution >= 4 is 12.0 Å². The van der Waals surface area contributed by atoms with E-state index < -0.39 is 6.09 Å². The lowest BCUT2D eigenvalue weighted by atomic mass is 9.86. The average molecular weight is 442 g/mol. The van der Waals surface area contributed by atoms with Crippen LogP contribution in [0.5, 0.6) is 0 Å². The lowest BCUT2D eigenvalue weighted by Crippen LogP contribution is -2.52. The summed E-state index contributed by atoms with van der Waals surface area (Å²) in [4.78, 5) is 30.9. The van der Waals surface area contributed by atoms with E-state index in [1.807, 2.05) is 17.0 Å². The quantitative estimate of drug-likeness (QED) is 0.753. The van der Waals surface area contributed by atoms with Crippen LogP contribution >= 0.6 is 0 Å². The number of hydrogen-bond acceptors (Lipinski definition) is 3. The minimum atomic E-state index is -0.757. The fourth-order valence-corrected chi connectivity index (χ4v) is 5.94. The summed E-state index contributed by atoms with van der Waals surface area (Å²) in [6.45, 7) is 11.0. The molecule has 0 bridgehead atoms. The van der Waals surface area contributed by atoms with Gasteiger partial charge in [-0.2, -0.15) is 0 Å². The number of hydrogen-bond donors (Lipinski definition) is 1. The molecule has 0 saturated carbocycles. The number of carbonyl (C=O) groups is 2. The lowest BCUT2D eigenvalue weighted by molar-refractivity contribution is 0.0408. The van der Waals surface area contributed by atoms with Crippen LogP contribution in [0.1, 0.15) is 75.2 Å².